The van der Waals surface area contributed by atoms with Crippen molar-refractivity contribution in [3.05, 3.63) is 53.9 Å². The summed E-state index contributed by atoms with van der Waals surface area (Å²) in [5, 5.41) is 3.45. The number of benzene rings is 1. The summed E-state index contributed by atoms with van der Waals surface area (Å²) in [6.07, 6.45) is 5.40. The van der Waals surface area contributed by atoms with E-state index < -0.39 is 0 Å². The molecular formula is C16H22N2. The van der Waals surface area contributed by atoms with Gasteiger partial charge in [0.05, 0.1) is 0 Å². The van der Waals surface area contributed by atoms with E-state index in [-0.39, 0.29) is 0 Å². The monoisotopic (exact) mass is 242 g/mol. The summed E-state index contributed by atoms with van der Waals surface area (Å²) in [4.78, 5) is 0. The zero-order valence-electron chi connectivity index (χ0n) is 11.5. The topological polar surface area (TPSA) is 17.0 Å². The Morgan fingerprint density at radius 1 is 1.17 bits per heavy atom. The lowest BCUT2D eigenvalue weighted by molar-refractivity contribution is 0.734. The number of rotatable bonds is 5. The normalized spacial score (nSPS) is 12.4. The van der Waals surface area contributed by atoms with E-state index >= 15 is 0 Å². The van der Waals surface area contributed by atoms with Crippen molar-refractivity contribution in [3.8, 4) is 0 Å². The number of aryl methyl sites for hydroxylation is 1. The summed E-state index contributed by atoms with van der Waals surface area (Å²) < 4.78 is 2.07. The third-order valence-corrected chi connectivity index (χ3v) is 3.48. The second kappa shape index (κ2) is 5.76. The standard InChI is InChI=1S/C16H22N2/c1-4-13(2)15-5-7-16(8-6-15)17-11-14-9-10-18(3)12-14/h5-10,12-13,17H,4,11H2,1-3H3. The lowest BCUT2D eigenvalue weighted by atomic mass is 9.99. The fraction of sp³-hybridized carbons (Fsp3) is 0.375. The smallest absolute Gasteiger partial charge is 0.0415 e. The van der Waals surface area contributed by atoms with Gasteiger partial charge in [-0.25, -0.2) is 0 Å². The number of nitrogens with zero attached hydrogens (tertiary/aromatic N) is 1. The largest absolute Gasteiger partial charge is 0.381 e. The molecule has 0 radical (unpaired) electrons. The third kappa shape index (κ3) is 3.16. The van der Waals surface area contributed by atoms with Crippen molar-refractivity contribution in [2.75, 3.05) is 5.32 Å². The second-order valence-electron chi connectivity index (χ2n) is 4.97. The molecule has 1 aromatic heterocycles. The molecule has 96 valence electrons. The van der Waals surface area contributed by atoms with E-state index in [4.69, 9.17) is 0 Å². The van der Waals surface area contributed by atoms with Gasteiger partial charge in [-0.1, -0.05) is 26.0 Å². The van der Waals surface area contributed by atoms with Gasteiger partial charge in [-0.2, -0.15) is 0 Å². The van der Waals surface area contributed by atoms with Crippen molar-refractivity contribution in [1.29, 1.82) is 0 Å². The summed E-state index contributed by atoms with van der Waals surface area (Å²) in [6.45, 7) is 5.38. The first-order valence-electron chi connectivity index (χ1n) is 6.63. The molecule has 0 aliphatic rings. The van der Waals surface area contributed by atoms with Crippen LogP contribution in [0.1, 0.15) is 37.3 Å². The van der Waals surface area contributed by atoms with Gasteiger partial charge in [0.15, 0.2) is 0 Å². The van der Waals surface area contributed by atoms with Gasteiger partial charge >= 0.3 is 0 Å². The number of hydrogen-bond acceptors (Lipinski definition) is 1. The molecule has 1 unspecified atom stereocenters. The fourth-order valence-corrected chi connectivity index (χ4v) is 2.03. The first kappa shape index (κ1) is 12.7. The molecule has 2 aromatic rings. The van der Waals surface area contributed by atoms with E-state index in [0.29, 0.717) is 5.92 Å². The maximum absolute atomic E-state index is 3.45. The van der Waals surface area contributed by atoms with Crippen LogP contribution in [0.15, 0.2) is 42.7 Å². The van der Waals surface area contributed by atoms with Gasteiger partial charge in [0.25, 0.3) is 0 Å². The van der Waals surface area contributed by atoms with Crippen molar-refractivity contribution in [1.82, 2.24) is 4.57 Å². The van der Waals surface area contributed by atoms with Gasteiger partial charge in [0.1, 0.15) is 0 Å². The molecule has 0 spiro atoms. The minimum Gasteiger partial charge on any atom is -0.381 e. The van der Waals surface area contributed by atoms with Gasteiger partial charge in [-0.3, -0.25) is 0 Å². The Balaban J connectivity index is 1.94. The van der Waals surface area contributed by atoms with Crippen molar-refractivity contribution in [2.45, 2.75) is 32.7 Å². The highest BCUT2D eigenvalue weighted by Crippen LogP contribution is 2.20. The molecule has 1 N–H and O–H groups in total. The van der Waals surface area contributed by atoms with Crippen LogP contribution in [0.4, 0.5) is 5.69 Å². The summed E-state index contributed by atoms with van der Waals surface area (Å²) in [6, 6.07) is 10.9. The van der Waals surface area contributed by atoms with E-state index in [1.54, 1.807) is 0 Å². The molecule has 2 nitrogen and oxygen atoms in total. The van der Waals surface area contributed by atoms with Gasteiger partial charge in [0.2, 0.25) is 0 Å². The highest BCUT2D eigenvalue weighted by molar-refractivity contribution is 5.45. The molecule has 0 bridgehead atoms. The number of aromatic nitrogens is 1. The molecule has 0 fully saturated rings. The van der Waals surface area contributed by atoms with Crippen LogP contribution in [0.25, 0.3) is 0 Å². The SMILES string of the molecule is CCC(C)c1ccc(NCc2ccn(C)c2)cc1. The van der Waals surface area contributed by atoms with Crippen LogP contribution in [0.2, 0.25) is 0 Å². The van der Waals surface area contributed by atoms with Crippen LogP contribution in [-0.4, -0.2) is 4.57 Å². The third-order valence-electron chi connectivity index (χ3n) is 3.48. The molecule has 1 heterocycles. The summed E-state index contributed by atoms with van der Waals surface area (Å²) in [5.41, 5.74) is 3.91. The van der Waals surface area contributed by atoms with E-state index in [0.717, 1.165) is 6.54 Å². The Bertz CT molecular complexity index is 482. The zero-order chi connectivity index (χ0) is 13.0. The second-order valence-corrected chi connectivity index (χ2v) is 4.97. The van der Waals surface area contributed by atoms with Crippen molar-refractivity contribution in [3.63, 3.8) is 0 Å². The predicted octanol–water partition coefficient (Wildman–Crippen LogP) is 4.15. The Morgan fingerprint density at radius 3 is 2.44 bits per heavy atom. The minimum atomic E-state index is 0.646. The average Bonchev–Trinajstić information content (AvgIpc) is 2.82. The molecule has 0 aliphatic heterocycles. The quantitative estimate of drug-likeness (QED) is 0.833. The maximum atomic E-state index is 3.45. The molecule has 0 aliphatic carbocycles. The molecular weight excluding hydrogens is 220 g/mol. The van der Waals surface area contributed by atoms with Crippen LogP contribution in [0.5, 0.6) is 0 Å². The number of nitrogens with one attached hydrogen (secondary N) is 1. The van der Waals surface area contributed by atoms with Crippen molar-refractivity contribution >= 4 is 5.69 Å². The van der Waals surface area contributed by atoms with Gasteiger partial charge in [-0.05, 0) is 41.7 Å². The zero-order valence-corrected chi connectivity index (χ0v) is 11.5. The number of anilines is 1. The van der Waals surface area contributed by atoms with Gasteiger partial charge in [0, 0.05) is 31.7 Å². The predicted molar refractivity (Wildman–Crippen MR) is 77.9 cm³/mol. The Morgan fingerprint density at radius 2 is 1.89 bits per heavy atom. The first-order valence-corrected chi connectivity index (χ1v) is 6.63. The van der Waals surface area contributed by atoms with E-state index in [9.17, 15) is 0 Å². The van der Waals surface area contributed by atoms with E-state index in [1.165, 1.54) is 23.2 Å². The van der Waals surface area contributed by atoms with E-state index in [1.807, 2.05) is 7.05 Å². The lowest BCUT2D eigenvalue weighted by Gasteiger charge is -2.10. The Labute approximate surface area is 110 Å². The Hall–Kier alpha value is -1.70. The summed E-state index contributed by atoms with van der Waals surface area (Å²) >= 11 is 0. The maximum Gasteiger partial charge on any atom is 0.0415 e. The van der Waals surface area contributed by atoms with Crippen LogP contribution in [0.3, 0.4) is 0 Å². The molecule has 0 saturated heterocycles. The van der Waals surface area contributed by atoms with E-state index in [2.05, 4.69) is 66.5 Å². The summed E-state index contributed by atoms with van der Waals surface area (Å²) in [5.74, 6) is 0.646. The fourth-order valence-electron chi connectivity index (χ4n) is 2.03. The molecule has 2 rings (SSSR count). The molecule has 0 saturated carbocycles. The molecule has 18 heavy (non-hydrogen) atoms. The van der Waals surface area contributed by atoms with Crippen molar-refractivity contribution in [2.24, 2.45) is 7.05 Å². The van der Waals surface area contributed by atoms with Crippen molar-refractivity contribution < 1.29 is 0 Å². The van der Waals surface area contributed by atoms with Crippen LogP contribution in [0, 0.1) is 0 Å². The Kier molecular flexibility index (Phi) is 4.08. The molecule has 1 atom stereocenters. The molecule has 1 aromatic carbocycles. The molecule has 2 heteroatoms. The highest BCUT2D eigenvalue weighted by atomic mass is 14.9. The number of hydrogen-bond donors (Lipinski definition) is 1. The highest BCUT2D eigenvalue weighted by Gasteiger charge is 2.02. The van der Waals surface area contributed by atoms with Crippen LogP contribution >= 0.6 is 0 Å². The lowest BCUT2D eigenvalue weighted by Crippen LogP contribution is -1.99. The molecule has 0 amide bonds. The van der Waals surface area contributed by atoms with Crippen LogP contribution < -0.4 is 5.32 Å². The van der Waals surface area contributed by atoms with Gasteiger partial charge < -0.3 is 9.88 Å². The van der Waals surface area contributed by atoms with Gasteiger partial charge in [-0.15, -0.1) is 0 Å². The first-order chi connectivity index (χ1) is 8.69. The van der Waals surface area contributed by atoms with Crippen LogP contribution in [-0.2, 0) is 13.6 Å². The minimum absolute atomic E-state index is 0.646. The summed E-state index contributed by atoms with van der Waals surface area (Å²) in [7, 11) is 2.05. The average molecular weight is 242 g/mol.